The van der Waals surface area contributed by atoms with Crippen molar-refractivity contribution in [1.29, 1.82) is 0 Å². The van der Waals surface area contributed by atoms with Gasteiger partial charge in [-0.15, -0.1) is 0 Å². The fourth-order valence-electron chi connectivity index (χ4n) is 1.86. The first-order valence-electron chi connectivity index (χ1n) is 5.38. The summed E-state index contributed by atoms with van der Waals surface area (Å²) in [4.78, 5) is 0. The Hall–Kier alpha value is -0.400. The highest BCUT2D eigenvalue weighted by Gasteiger charge is 2.13. The van der Waals surface area contributed by atoms with Crippen molar-refractivity contribution < 1.29 is 0 Å². The summed E-state index contributed by atoms with van der Waals surface area (Å²) in [5.74, 6) is 0.103. The Labute approximate surface area is 126 Å². The number of halogens is 4. The summed E-state index contributed by atoms with van der Waals surface area (Å²) in [7, 11) is 0. The molecule has 0 aliphatic carbocycles. The summed E-state index contributed by atoms with van der Waals surface area (Å²) in [6.45, 7) is 2.05. The smallest absolute Gasteiger partial charge is 0.0458 e. The Morgan fingerprint density at radius 2 is 1.39 bits per heavy atom. The minimum Gasteiger partial charge on any atom is -0.0843 e. The van der Waals surface area contributed by atoms with Crippen molar-refractivity contribution in [2.75, 3.05) is 0 Å². The van der Waals surface area contributed by atoms with Gasteiger partial charge in [-0.25, -0.2) is 0 Å². The predicted molar refractivity (Wildman–Crippen MR) is 80.4 cm³/mol. The first-order valence-corrected chi connectivity index (χ1v) is 6.89. The fraction of sp³-hybridized carbons (Fsp3) is 0.143. The van der Waals surface area contributed by atoms with Crippen LogP contribution in [0.25, 0.3) is 0 Å². The van der Waals surface area contributed by atoms with E-state index < -0.39 is 0 Å². The van der Waals surface area contributed by atoms with Crippen LogP contribution < -0.4 is 0 Å². The Balaban J connectivity index is 2.44. The van der Waals surface area contributed by atoms with Crippen LogP contribution in [-0.2, 0) is 0 Å². The van der Waals surface area contributed by atoms with Crippen LogP contribution in [0.5, 0.6) is 0 Å². The van der Waals surface area contributed by atoms with Gasteiger partial charge >= 0.3 is 0 Å². The van der Waals surface area contributed by atoms with Gasteiger partial charge in [0.15, 0.2) is 0 Å². The molecule has 4 heteroatoms. The molecule has 18 heavy (non-hydrogen) atoms. The van der Waals surface area contributed by atoms with E-state index >= 15 is 0 Å². The zero-order valence-corrected chi connectivity index (χ0v) is 12.6. The van der Waals surface area contributed by atoms with Crippen LogP contribution >= 0.6 is 46.4 Å². The van der Waals surface area contributed by atoms with Gasteiger partial charge in [0.25, 0.3) is 0 Å². The quantitative estimate of drug-likeness (QED) is 0.596. The van der Waals surface area contributed by atoms with Crippen molar-refractivity contribution in [2.45, 2.75) is 12.8 Å². The van der Waals surface area contributed by atoms with Gasteiger partial charge < -0.3 is 0 Å². The molecule has 0 radical (unpaired) electrons. The molecule has 1 unspecified atom stereocenters. The molecule has 2 aromatic carbocycles. The summed E-state index contributed by atoms with van der Waals surface area (Å²) in [6, 6.07) is 11.0. The first-order chi connectivity index (χ1) is 8.47. The molecule has 0 nitrogen and oxygen atoms in total. The average Bonchev–Trinajstić information content (AvgIpc) is 2.26. The van der Waals surface area contributed by atoms with Crippen LogP contribution in [0, 0.1) is 0 Å². The van der Waals surface area contributed by atoms with Crippen LogP contribution in [-0.4, -0.2) is 0 Å². The summed E-state index contributed by atoms with van der Waals surface area (Å²) < 4.78 is 0. The Kier molecular flexibility index (Phi) is 4.45. The maximum atomic E-state index is 6.20. The van der Waals surface area contributed by atoms with Crippen molar-refractivity contribution in [1.82, 2.24) is 0 Å². The standard InChI is InChI=1S/C14H10Cl4/c1-8(9-4-11(16)6-12(17)5-9)13-3-2-10(15)7-14(13)18/h2-8H,1H3. The number of benzene rings is 2. The summed E-state index contributed by atoms with van der Waals surface area (Å²) in [6.07, 6.45) is 0. The number of hydrogen-bond acceptors (Lipinski definition) is 0. The molecule has 0 fully saturated rings. The van der Waals surface area contributed by atoms with Crippen LogP contribution in [0.4, 0.5) is 0 Å². The van der Waals surface area contributed by atoms with E-state index in [4.69, 9.17) is 46.4 Å². The second-order valence-corrected chi connectivity index (χ2v) is 5.81. The molecule has 0 heterocycles. The molecule has 0 aromatic heterocycles. The van der Waals surface area contributed by atoms with Gasteiger partial charge in [-0.3, -0.25) is 0 Å². The van der Waals surface area contributed by atoms with E-state index in [0.717, 1.165) is 11.1 Å². The molecule has 2 rings (SSSR count). The zero-order chi connectivity index (χ0) is 13.3. The molecule has 0 aliphatic rings. The van der Waals surface area contributed by atoms with Gasteiger partial charge in [0.05, 0.1) is 0 Å². The molecule has 0 saturated heterocycles. The highest BCUT2D eigenvalue weighted by molar-refractivity contribution is 6.35. The third-order valence-electron chi connectivity index (χ3n) is 2.81. The van der Waals surface area contributed by atoms with Crippen molar-refractivity contribution in [3.63, 3.8) is 0 Å². The van der Waals surface area contributed by atoms with Crippen molar-refractivity contribution in [3.8, 4) is 0 Å². The molecule has 2 aromatic rings. The first kappa shape index (κ1) is 14.0. The second kappa shape index (κ2) is 5.71. The maximum absolute atomic E-state index is 6.20. The molecule has 0 aliphatic heterocycles. The van der Waals surface area contributed by atoms with Gasteiger partial charge in [0.1, 0.15) is 0 Å². The minimum atomic E-state index is 0.103. The van der Waals surface area contributed by atoms with E-state index in [1.807, 2.05) is 24.3 Å². The molecule has 0 bridgehead atoms. The van der Waals surface area contributed by atoms with Crippen LogP contribution in [0.1, 0.15) is 24.0 Å². The second-order valence-electron chi connectivity index (χ2n) is 4.09. The highest BCUT2D eigenvalue weighted by atomic mass is 35.5. The third kappa shape index (κ3) is 3.13. The Morgan fingerprint density at radius 3 is 1.94 bits per heavy atom. The fourth-order valence-corrected chi connectivity index (χ4v) is 2.97. The molecule has 1 atom stereocenters. The van der Waals surface area contributed by atoms with Gasteiger partial charge in [0.2, 0.25) is 0 Å². The summed E-state index contributed by atoms with van der Waals surface area (Å²) in [5, 5.41) is 2.51. The van der Waals surface area contributed by atoms with Crippen molar-refractivity contribution in [2.24, 2.45) is 0 Å². The highest BCUT2D eigenvalue weighted by Crippen LogP contribution is 2.34. The summed E-state index contributed by atoms with van der Waals surface area (Å²) in [5.41, 5.74) is 2.02. The van der Waals surface area contributed by atoms with E-state index in [2.05, 4.69) is 6.92 Å². The van der Waals surface area contributed by atoms with E-state index in [1.165, 1.54) is 0 Å². The van der Waals surface area contributed by atoms with E-state index in [9.17, 15) is 0 Å². The molecular weight excluding hydrogens is 310 g/mol. The molecule has 94 valence electrons. The SMILES string of the molecule is CC(c1cc(Cl)cc(Cl)c1)c1ccc(Cl)cc1Cl. The van der Waals surface area contributed by atoms with Crippen LogP contribution in [0.2, 0.25) is 20.1 Å². The van der Waals surface area contributed by atoms with Gasteiger partial charge in [-0.1, -0.05) is 59.4 Å². The third-order valence-corrected chi connectivity index (χ3v) is 3.81. The molecule has 0 spiro atoms. The van der Waals surface area contributed by atoms with Crippen molar-refractivity contribution >= 4 is 46.4 Å². The maximum Gasteiger partial charge on any atom is 0.0458 e. The van der Waals surface area contributed by atoms with E-state index in [1.54, 1.807) is 12.1 Å². The van der Waals surface area contributed by atoms with Gasteiger partial charge in [-0.05, 0) is 41.5 Å². The molecular formula is C14H10Cl4. The zero-order valence-electron chi connectivity index (χ0n) is 9.55. The largest absolute Gasteiger partial charge is 0.0843 e. The monoisotopic (exact) mass is 318 g/mol. The lowest BCUT2D eigenvalue weighted by molar-refractivity contribution is 0.923. The normalized spacial score (nSPS) is 12.5. The van der Waals surface area contributed by atoms with Gasteiger partial charge in [0, 0.05) is 26.0 Å². The lowest BCUT2D eigenvalue weighted by Gasteiger charge is -2.15. The molecule has 0 N–H and O–H groups in total. The minimum absolute atomic E-state index is 0.103. The number of rotatable bonds is 2. The topological polar surface area (TPSA) is 0 Å². The average molecular weight is 320 g/mol. The van der Waals surface area contributed by atoms with E-state index in [0.29, 0.717) is 20.1 Å². The Morgan fingerprint density at radius 1 is 0.778 bits per heavy atom. The van der Waals surface area contributed by atoms with Crippen molar-refractivity contribution in [3.05, 3.63) is 67.6 Å². The van der Waals surface area contributed by atoms with E-state index in [-0.39, 0.29) is 5.92 Å². The lowest BCUT2D eigenvalue weighted by atomic mass is 9.93. The molecule has 0 saturated carbocycles. The van der Waals surface area contributed by atoms with Gasteiger partial charge in [-0.2, -0.15) is 0 Å². The molecule has 0 amide bonds. The van der Waals surface area contributed by atoms with Crippen LogP contribution in [0.3, 0.4) is 0 Å². The van der Waals surface area contributed by atoms with Crippen LogP contribution in [0.15, 0.2) is 36.4 Å². The summed E-state index contributed by atoms with van der Waals surface area (Å²) >= 11 is 24.1. The Bertz CT molecular complexity index is 558. The lowest BCUT2D eigenvalue weighted by Crippen LogP contribution is -1.97. The predicted octanol–water partition coefficient (Wildman–Crippen LogP) is 6.45. The number of hydrogen-bond donors (Lipinski definition) is 0.